The molecule has 1 heterocycles. The van der Waals surface area contributed by atoms with E-state index in [-0.39, 0.29) is 27.1 Å². The Morgan fingerprint density at radius 1 is 1.20 bits per heavy atom. The predicted molar refractivity (Wildman–Crippen MR) is 96.9 cm³/mol. The summed E-state index contributed by atoms with van der Waals surface area (Å²) in [7, 11) is -0.790. The van der Waals surface area contributed by atoms with Gasteiger partial charge in [-0.3, -0.25) is 14.9 Å². The summed E-state index contributed by atoms with van der Waals surface area (Å²) in [6.07, 6.45) is 0. The molecule has 0 atom stereocenters. The van der Waals surface area contributed by atoms with E-state index in [1.54, 1.807) is 25.3 Å². The van der Waals surface area contributed by atoms with E-state index in [0.29, 0.717) is 11.1 Å². The van der Waals surface area contributed by atoms with Gasteiger partial charge >= 0.3 is 0 Å². The average molecular weight is 381 g/mol. The van der Waals surface area contributed by atoms with Crippen LogP contribution in [0.1, 0.15) is 38.9 Å². The SMILES string of the molecule is CC(=O)c1csc(NC(=O)c2cc(C)c(C)c(S(=O)(=O)N(C)C)c2)n1. The van der Waals surface area contributed by atoms with Gasteiger partial charge in [-0.25, -0.2) is 17.7 Å². The number of carbonyl (C=O) groups excluding carboxylic acids is 2. The maximum atomic E-state index is 12.5. The van der Waals surface area contributed by atoms with Crippen LogP contribution in [0.2, 0.25) is 0 Å². The van der Waals surface area contributed by atoms with Crippen molar-refractivity contribution >= 4 is 38.2 Å². The van der Waals surface area contributed by atoms with Gasteiger partial charge in [-0.2, -0.15) is 0 Å². The Balaban J connectivity index is 2.40. The molecule has 2 rings (SSSR count). The van der Waals surface area contributed by atoms with E-state index in [4.69, 9.17) is 0 Å². The molecule has 0 radical (unpaired) electrons. The van der Waals surface area contributed by atoms with Crippen LogP contribution >= 0.6 is 11.3 Å². The fourth-order valence-electron chi connectivity index (χ4n) is 2.08. The van der Waals surface area contributed by atoms with Gasteiger partial charge in [0.1, 0.15) is 5.69 Å². The average Bonchev–Trinajstić information content (AvgIpc) is 2.98. The number of nitrogens with zero attached hydrogens (tertiary/aromatic N) is 2. The van der Waals surface area contributed by atoms with Gasteiger partial charge < -0.3 is 0 Å². The van der Waals surface area contributed by atoms with Crippen molar-refractivity contribution in [3.8, 4) is 0 Å². The molecule has 1 N–H and O–H groups in total. The molecule has 0 saturated heterocycles. The number of rotatable bonds is 5. The second-order valence-corrected chi connectivity index (χ2v) is 8.73. The van der Waals surface area contributed by atoms with Crippen molar-refractivity contribution in [1.29, 1.82) is 0 Å². The molecule has 2 aromatic rings. The van der Waals surface area contributed by atoms with Crippen molar-refractivity contribution in [2.75, 3.05) is 19.4 Å². The van der Waals surface area contributed by atoms with Crippen LogP contribution in [0.5, 0.6) is 0 Å². The molecule has 1 aromatic heterocycles. The zero-order valence-electron chi connectivity index (χ0n) is 14.6. The maximum Gasteiger partial charge on any atom is 0.257 e. The summed E-state index contributed by atoms with van der Waals surface area (Å²) in [4.78, 5) is 27.9. The highest BCUT2D eigenvalue weighted by molar-refractivity contribution is 7.89. The molecule has 134 valence electrons. The number of Topliss-reactive ketones (excluding diaryl/α,β-unsaturated/α-hetero) is 1. The van der Waals surface area contributed by atoms with Gasteiger partial charge in [0.15, 0.2) is 10.9 Å². The first kappa shape index (κ1) is 19.2. The van der Waals surface area contributed by atoms with E-state index in [0.717, 1.165) is 15.6 Å². The number of anilines is 1. The van der Waals surface area contributed by atoms with E-state index in [9.17, 15) is 18.0 Å². The van der Waals surface area contributed by atoms with Gasteiger partial charge in [0.05, 0.1) is 4.90 Å². The number of amides is 1. The number of aryl methyl sites for hydroxylation is 1. The molecule has 0 aliphatic carbocycles. The van der Waals surface area contributed by atoms with Crippen molar-refractivity contribution in [3.05, 3.63) is 39.9 Å². The van der Waals surface area contributed by atoms with E-state index in [1.807, 2.05) is 0 Å². The molecule has 1 aromatic carbocycles. The third kappa shape index (κ3) is 3.94. The summed E-state index contributed by atoms with van der Waals surface area (Å²) in [6.45, 7) is 4.84. The zero-order valence-corrected chi connectivity index (χ0v) is 16.2. The van der Waals surface area contributed by atoms with Crippen molar-refractivity contribution in [2.45, 2.75) is 25.7 Å². The molecule has 9 heteroatoms. The molecule has 0 aliphatic rings. The molecular weight excluding hydrogens is 362 g/mol. The van der Waals surface area contributed by atoms with Crippen LogP contribution in [0.15, 0.2) is 22.4 Å². The first-order valence-corrected chi connectivity index (χ1v) is 9.67. The minimum absolute atomic E-state index is 0.0891. The van der Waals surface area contributed by atoms with Crippen molar-refractivity contribution in [3.63, 3.8) is 0 Å². The second-order valence-electron chi connectivity index (χ2n) is 5.75. The highest BCUT2D eigenvalue weighted by Crippen LogP contribution is 2.24. The number of hydrogen-bond donors (Lipinski definition) is 1. The number of hydrogen-bond acceptors (Lipinski definition) is 6. The zero-order chi connectivity index (χ0) is 18.9. The largest absolute Gasteiger partial charge is 0.298 e. The number of benzene rings is 1. The van der Waals surface area contributed by atoms with Crippen molar-refractivity contribution in [1.82, 2.24) is 9.29 Å². The Morgan fingerprint density at radius 2 is 1.84 bits per heavy atom. The first-order valence-electron chi connectivity index (χ1n) is 7.35. The molecule has 0 fully saturated rings. The number of nitrogens with one attached hydrogen (secondary N) is 1. The lowest BCUT2D eigenvalue weighted by molar-refractivity contribution is 0.100. The van der Waals surface area contributed by atoms with E-state index >= 15 is 0 Å². The van der Waals surface area contributed by atoms with E-state index in [2.05, 4.69) is 10.3 Å². The number of carbonyl (C=O) groups is 2. The van der Waals surface area contributed by atoms with Crippen LogP contribution < -0.4 is 5.32 Å². The predicted octanol–water partition coefficient (Wildman–Crippen LogP) is 2.47. The van der Waals surface area contributed by atoms with Gasteiger partial charge in [0, 0.05) is 32.0 Å². The molecule has 1 amide bonds. The lowest BCUT2D eigenvalue weighted by Crippen LogP contribution is -2.24. The van der Waals surface area contributed by atoms with Gasteiger partial charge in [-0.1, -0.05) is 0 Å². The normalized spacial score (nSPS) is 11.6. The van der Waals surface area contributed by atoms with Gasteiger partial charge in [-0.15, -0.1) is 11.3 Å². The highest BCUT2D eigenvalue weighted by atomic mass is 32.2. The maximum absolute atomic E-state index is 12.5. The lowest BCUT2D eigenvalue weighted by Gasteiger charge is -2.16. The van der Waals surface area contributed by atoms with Crippen LogP contribution in [0.4, 0.5) is 5.13 Å². The van der Waals surface area contributed by atoms with Crippen LogP contribution in [0.25, 0.3) is 0 Å². The Labute approximate surface area is 150 Å². The summed E-state index contributed by atoms with van der Waals surface area (Å²) in [5.74, 6) is -0.676. The minimum Gasteiger partial charge on any atom is -0.298 e. The van der Waals surface area contributed by atoms with E-state index in [1.165, 1.54) is 27.1 Å². The minimum atomic E-state index is -3.67. The molecule has 0 bridgehead atoms. The summed E-state index contributed by atoms with van der Waals surface area (Å²) in [5.41, 5.74) is 1.77. The standard InChI is InChI=1S/C16H19N3O4S2/c1-9-6-12(7-14(10(9)2)25(22,23)19(4)5)15(21)18-16-17-13(8-24-16)11(3)20/h6-8H,1-5H3,(H,17,18,21). The number of thiazole rings is 1. The van der Waals surface area contributed by atoms with Crippen LogP contribution in [-0.2, 0) is 10.0 Å². The summed E-state index contributed by atoms with van der Waals surface area (Å²) in [6, 6.07) is 2.98. The smallest absolute Gasteiger partial charge is 0.257 e. The van der Waals surface area contributed by atoms with Crippen LogP contribution in [0, 0.1) is 13.8 Å². The molecule has 0 spiro atoms. The fourth-order valence-corrected chi connectivity index (χ4v) is 4.05. The topological polar surface area (TPSA) is 96.4 Å². The molecule has 0 saturated carbocycles. The molecule has 0 unspecified atom stereocenters. The number of aromatic nitrogens is 1. The number of sulfonamides is 1. The molecular formula is C16H19N3O4S2. The monoisotopic (exact) mass is 381 g/mol. The quantitative estimate of drug-likeness (QED) is 0.803. The summed E-state index contributed by atoms with van der Waals surface area (Å²) >= 11 is 1.13. The second kappa shape index (κ2) is 7.03. The van der Waals surface area contributed by atoms with Crippen LogP contribution in [-0.4, -0.2) is 43.5 Å². The molecule has 0 aliphatic heterocycles. The Kier molecular flexibility index (Phi) is 5.40. The lowest BCUT2D eigenvalue weighted by atomic mass is 10.1. The van der Waals surface area contributed by atoms with Gasteiger partial charge in [0.2, 0.25) is 10.0 Å². The van der Waals surface area contributed by atoms with Crippen LogP contribution in [0.3, 0.4) is 0 Å². The third-order valence-electron chi connectivity index (χ3n) is 3.73. The fraction of sp³-hybridized carbons (Fsp3) is 0.312. The molecule has 7 nitrogen and oxygen atoms in total. The highest BCUT2D eigenvalue weighted by Gasteiger charge is 2.23. The van der Waals surface area contributed by atoms with Crippen molar-refractivity contribution < 1.29 is 18.0 Å². The van der Waals surface area contributed by atoms with E-state index < -0.39 is 15.9 Å². The number of ketones is 1. The summed E-state index contributed by atoms with van der Waals surface area (Å²) in [5, 5.41) is 4.43. The Hall–Kier alpha value is -2.10. The van der Waals surface area contributed by atoms with Crippen molar-refractivity contribution in [2.24, 2.45) is 0 Å². The Morgan fingerprint density at radius 3 is 2.36 bits per heavy atom. The van der Waals surface area contributed by atoms with Gasteiger partial charge in [-0.05, 0) is 37.1 Å². The first-order chi connectivity index (χ1) is 11.5. The molecule has 25 heavy (non-hydrogen) atoms. The third-order valence-corrected chi connectivity index (χ3v) is 6.42. The Bertz CT molecular complexity index is 946. The van der Waals surface area contributed by atoms with Gasteiger partial charge in [0.25, 0.3) is 5.91 Å². The summed E-state index contributed by atoms with van der Waals surface area (Å²) < 4.78 is 26.0.